The lowest BCUT2D eigenvalue weighted by Crippen LogP contribution is -2.14. The van der Waals surface area contributed by atoms with Crippen LogP contribution in [-0.2, 0) is 14.8 Å². The highest BCUT2D eigenvalue weighted by atomic mass is 35.5. The van der Waals surface area contributed by atoms with E-state index in [4.69, 9.17) is 16.3 Å². The van der Waals surface area contributed by atoms with Crippen LogP contribution in [0.1, 0.15) is 12.5 Å². The Morgan fingerprint density at radius 1 is 1.12 bits per heavy atom. The fourth-order valence-electron chi connectivity index (χ4n) is 2.04. The standard InChI is InChI=1S/C16H17ClN2O4S/c1-10-8-15(23-3)16(9-14(10)17)24(21,22)19-13-6-4-12(5-7-13)18-11(2)20/h4-9,19H,1-3H3,(H,18,20). The lowest BCUT2D eigenvalue weighted by atomic mass is 10.2. The summed E-state index contributed by atoms with van der Waals surface area (Å²) in [5, 5.41) is 2.94. The molecule has 0 spiro atoms. The average Bonchev–Trinajstić information content (AvgIpc) is 2.50. The summed E-state index contributed by atoms with van der Waals surface area (Å²) in [6, 6.07) is 9.20. The summed E-state index contributed by atoms with van der Waals surface area (Å²) < 4.78 is 32.8. The van der Waals surface area contributed by atoms with E-state index in [0.29, 0.717) is 22.0 Å². The molecule has 2 aromatic rings. The van der Waals surface area contributed by atoms with Crippen molar-refractivity contribution in [2.24, 2.45) is 0 Å². The van der Waals surface area contributed by atoms with Gasteiger partial charge >= 0.3 is 0 Å². The molecule has 2 N–H and O–H groups in total. The average molecular weight is 369 g/mol. The topological polar surface area (TPSA) is 84.5 Å². The van der Waals surface area contributed by atoms with Gasteiger partial charge in [0.1, 0.15) is 10.6 Å². The van der Waals surface area contributed by atoms with E-state index in [1.807, 2.05) is 0 Å². The number of hydrogen-bond donors (Lipinski definition) is 2. The number of nitrogens with one attached hydrogen (secondary N) is 2. The van der Waals surface area contributed by atoms with Crippen molar-refractivity contribution in [1.29, 1.82) is 0 Å². The number of anilines is 2. The highest BCUT2D eigenvalue weighted by molar-refractivity contribution is 7.92. The van der Waals surface area contributed by atoms with Crippen LogP contribution in [0.2, 0.25) is 5.02 Å². The molecule has 1 amide bonds. The zero-order valence-electron chi connectivity index (χ0n) is 13.4. The fraction of sp³-hybridized carbons (Fsp3) is 0.188. The van der Waals surface area contributed by atoms with Gasteiger partial charge in [0.15, 0.2) is 0 Å². The maximum atomic E-state index is 12.6. The molecule has 0 atom stereocenters. The molecule has 0 heterocycles. The molecule has 6 nitrogen and oxygen atoms in total. The Balaban J connectivity index is 2.32. The van der Waals surface area contributed by atoms with Crippen molar-refractivity contribution in [1.82, 2.24) is 0 Å². The third-order valence-electron chi connectivity index (χ3n) is 3.19. The number of benzene rings is 2. The Bertz CT molecular complexity index is 864. The Labute approximate surface area is 145 Å². The molecule has 0 aliphatic heterocycles. The lowest BCUT2D eigenvalue weighted by molar-refractivity contribution is -0.114. The van der Waals surface area contributed by atoms with Gasteiger partial charge in [-0.05, 0) is 48.9 Å². The van der Waals surface area contributed by atoms with E-state index in [0.717, 1.165) is 0 Å². The van der Waals surface area contributed by atoms with Crippen molar-refractivity contribution in [2.45, 2.75) is 18.7 Å². The summed E-state index contributed by atoms with van der Waals surface area (Å²) in [7, 11) is -2.49. The van der Waals surface area contributed by atoms with Gasteiger partial charge in [-0.2, -0.15) is 0 Å². The van der Waals surface area contributed by atoms with Crippen LogP contribution >= 0.6 is 11.6 Å². The van der Waals surface area contributed by atoms with Crippen molar-refractivity contribution in [3.05, 3.63) is 47.0 Å². The zero-order chi connectivity index (χ0) is 17.9. The minimum atomic E-state index is -3.88. The molecule has 0 saturated heterocycles. The van der Waals surface area contributed by atoms with Gasteiger partial charge in [0, 0.05) is 23.3 Å². The molecule has 0 bridgehead atoms. The number of methoxy groups -OCH3 is 1. The van der Waals surface area contributed by atoms with Crippen LogP contribution in [0.4, 0.5) is 11.4 Å². The summed E-state index contributed by atoms with van der Waals surface area (Å²) in [5.74, 6) is 0.00151. The predicted molar refractivity (Wildman–Crippen MR) is 94.3 cm³/mol. The summed E-state index contributed by atoms with van der Waals surface area (Å²) in [4.78, 5) is 10.9. The van der Waals surface area contributed by atoms with Crippen molar-refractivity contribution < 1.29 is 17.9 Å². The lowest BCUT2D eigenvalue weighted by Gasteiger charge is -2.13. The molecule has 0 saturated carbocycles. The molecule has 0 aliphatic rings. The first kappa shape index (κ1) is 18.1. The van der Waals surface area contributed by atoms with Gasteiger partial charge in [-0.1, -0.05) is 11.6 Å². The molecule has 0 aliphatic carbocycles. The van der Waals surface area contributed by atoms with Crippen LogP contribution in [0.25, 0.3) is 0 Å². The predicted octanol–water partition coefficient (Wildman–Crippen LogP) is 3.42. The van der Waals surface area contributed by atoms with Gasteiger partial charge in [0.2, 0.25) is 5.91 Å². The number of halogens is 1. The number of aryl methyl sites for hydroxylation is 1. The monoisotopic (exact) mass is 368 g/mol. The van der Waals surface area contributed by atoms with Gasteiger partial charge < -0.3 is 10.1 Å². The van der Waals surface area contributed by atoms with E-state index in [1.54, 1.807) is 37.3 Å². The number of hydrogen-bond acceptors (Lipinski definition) is 4. The van der Waals surface area contributed by atoms with Crippen molar-refractivity contribution in [3.8, 4) is 5.75 Å². The normalized spacial score (nSPS) is 11.0. The van der Waals surface area contributed by atoms with Crippen LogP contribution in [-0.4, -0.2) is 21.4 Å². The number of sulfonamides is 1. The van der Waals surface area contributed by atoms with Crippen LogP contribution in [0.5, 0.6) is 5.75 Å². The zero-order valence-corrected chi connectivity index (χ0v) is 15.0. The molecule has 128 valence electrons. The van der Waals surface area contributed by atoms with E-state index in [2.05, 4.69) is 10.0 Å². The molecule has 2 rings (SSSR count). The highest BCUT2D eigenvalue weighted by Crippen LogP contribution is 2.31. The number of carbonyl (C=O) groups is 1. The van der Waals surface area contributed by atoms with E-state index in [9.17, 15) is 13.2 Å². The van der Waals surface area contributed by atoms with Gasteiger partial charge in [0.05, 0.1) is 7.11 Å². The van der Waals surface area contributed by atoms with E-state index in [-0.39, 0.29) is 16.6 Å². The third-order valence-corrected chi connectivity index (χ3v) is 5.00. The minimum Gasteiger partial charge on any atom is -0.495 e. The Morgan fingerprint density at radius 3 is 2.25 bits per heavy atom. The second-order valence-corrected chi connectivity index (χ2v) is 7.17. The third kappa shape index (κ3) is 4.18. The number of ether oxygens (including phenoxy) is 1. The van der Waals surface area contributed by atoms with Crippen molar-refractivity contribution in [3.63, 3.8) is 0 Å². The van der Waals surface area contributed by atoms with Crippen LogP contribution in [0.15, 0.2) is 41.3 Å². The van der Waals surface area contributed by atoms with Crippen LogP contribution in [0.3, 0.4) is 0 Å². The number of carbonyl (C=O) groups excluding carboxylic acids is 1. The van der Waals surface area contributed by atoms with Crippen molar-refractivity contribution in [2.75, 3.05) is 17.1 Å². The number of rotatable bonds is 5. The highest BCUT2D eigenvalue weighted by Gasteiger charge is 2.21. The molecule has 0 unspecified atom stereocenters. The molecular formula is C16H17ClN2O4S. The first-order chi connectivity index (χ1) is 11.2. The van der Waals surface area contributed by atoms with E-state index in [1.165, 1.54) is 20.1 Å². The second-order valence-electron chi connectivity index (χ2n) is 5.12. The Hall–Kier alpha value is -2.25. The first-order valence-electron chi connectivity index (χ1n) is 6.97. The largest absolute Gasteiger partial charge is 0.495 e. The van der Waals surface area contributed by atoms with Crippen LogP contribution < -0.4 is 14.8 Å². The molecular weight excluding hydrogens is 352 g/mol. The van der Waals surface area contributed by atoms with Gasteiger partial charge in [-0.25, -0.2) is 8.42 Å². The van der Waals surface area contributed by atoms with Crippen molar-refractivity contribution >= 4 is 38.9 Å². The van der Waals surface area contributed by atoms with Gasteiger partial charge in [-0.15, -0.1) is 0 Å². The first-order valence-corrected chi connectivity index (χ1v) is 8.83. The quantitative estimate of drug-likeness (QED) is 0.846. The molecule has 0 aromatic heterocycles. The summed E-state index contributed by atoms with van der Waals surface area (Å²) >= 11 is 6.03. The Morgan fingerprint density at radius 2 is 1.71 bits per heavy atom. The minimum absolute atomic E-state index is 0.0495. The van der Waals surface area contributed by atoms with Gasteiger partial charge in [-0.3, -0.25) is 9.52 Å². The maximum absolute atomic E-state index is 12.6. The SMILES string of the molecule is COc1cc(C)c(Cl)cc1S(=O)(=O)Nc1ccc(NC(C)=O)cc1. The molecule has 0 fully saturated rings. The van der Waals surface area contributed by atoms with Gasteiger partial charge in [0.25, 0.3) is 10.0 Å². The second kappa shape index (κ2) is 7.11. The number of amides is 1. The molecule has 8 heteroatoms. The summed E-state index contributed by atoms with van der Waals surface area (Å²) in [5.41, 5.74) is 1.64. The van der Waals surface area contributed by atoms with Crippen LogP contribution in [0, 0.1) is 6.92 Å². The maximum Gasteiger partial charge on any atom is 0.265 e. The molecule has 2 aromatic carbocycles. The summed E-state index contributed by atoms with van der Waals surface area (Å²) in [6.07, 6.45) is 0. The smallest absolute Gasteiger partial charge is 0.265 e. The fourth-order valence-corrected chi connectivity index (χ4v) is 3.51. The molecule has 24 heavy (non-hydrogen) atoms. The van der Waals surface area contributed by atoms with E-state index >= 15 is 0 Å². The molecule has 0 radical (unpaired) electrons. The summed E-state index contributed by atoms with van der Waals surface area (Å²) in [6.45, 7) is 3.15. The Kier molecular flexibility index (Phi) is 5.36. The van der Waals surface area contributed by atoms with E-state index < -0.39 is 10.0 Å².